The van der Waals surface area contributed by atoms with Crippen molar-refractivity contribution in [2.45, 2.75) is 27.0 Å². The first-order chi connectivity index (χ1) is 7.04. The van der Waals surface area contributed by atoms with Crippen LogP contribution in [0.15, 0.2) is 0 Å². The molecule has 0 aromatic rings. The van der Waals surface area contributed by atoms with Crippen LogP contribution in [-0.2, 0) is 0 Å². The van der Waals surface area contributed by atoms with E-state index in [2.05, 4.69) is 10.2 Å². The normalized spacial score (nSPS) is 18.4. The first-order valence-electron chi connectivity index (χ1n) is 5.53. The monoisotopic (exact) mass is 221 g/mol. The van der Waals surface area contributed by atoms with Gasteiger partial charge in [-0.2, -0.15) is 5.06 Å². The second-order valence-corrected chi connectivity index (χ2v) is 3.27. The Balaban J connectivity index is 0. The van der Waals surface area contributed by atoms with Gasteiger partial charge in [-0.25, -0.2) is 0 Å². The maximum absolute atomic E-state index is 9.08. The molecule has 1 rings (SSSR count). The Hall–Kier alpha value is -0.200. The number of rotatable bonds is 1. The van der Waals surface area contributed by atoms with Crippen molar-refractivity contribution in [2.24, 2.45) is 0 Å². The second kappa shape index (κ2) is 11.9. The maximum Gasteiger partial charge on any atom is 0.104 e. The standard InChI is InChI=1S/C6H14N2O.C2H7NO.C2H6/c1-6(9)8-4-2-7-3-5-8;1-3(2)4;1-2/h6-7,9H,2-5H2,1H3;4H,1-2H3;1-2H3. The van der Waals surface area contributed by atoms with Gasteiger partial charge in [-0.05, 0) is 6.92 Å². The summed E-state index contributed by atoms with van der Waals surface area (Å²) >= 11 is 0. The van der Waals surface area contributed by atoms with Gasteiger partial charge >= 0.3 is 0 Å². The van der Waals surface area contributed by atoms with Gasteiger partial charge in [0.05, 0.1) is 0 Å². The fourth-order valence-corrected chi connectivity index (χ4v) is 1.06. The molecule has 5 heteroatoms. The maximum atomic E-state index is 9.08. The zero-order valence-corrected chi connectivity index (χ0v) is 10.7. The molecule has 1 unspecified atom stereocenters. The zero-order chi connectivity index (χ0) is 12.3. The van der Waals surface area contributed by atoms with E-state index in [4.69, 9.17) is 10.3 Å². The summed E-state index contributed by atoms with van der Waals surface area (Å²) < 4.78 is 0. The average molecular weight is 221 g/mol. The lowest BCUT2D eigenvalue weighted by Crippen LogP contribution is -2.47. The van der Waals surface area contributed by atoms with Crippen LogP contribution in [0.25, 0.3) is 0 Å². The third kappa shape index (κ3) is 13.8. The summed E-state index contributed by atoms with van der Waals surface area (Å²) in [5, 5.41) is 21.2. The predicted molar refractivity (Wildman–Crippen MR) is 62.9 cm³/mol. The molecule has 0 spiro atoms. The van der Waals surface area contributed by atoms with E-state index in [-0.39, 0.29) is 6.23 Å². The fraction of sp³-hybridized carbons (Fsp3) is 1.00. The summed E-state index contributed by atoms with van der Waals surface area (Å²) in [6, 6.07) is 0. The molecule has 1 atom stereocenters. The molecule has 1 aliphatic rings. The Kier molecular flexibility index (Phi) is 13.6. The highest BCUT2D eigenvalue weighted by molar-refractivity contribution is 4.67. The van der Waals surface area contributed by atoms with Crippen LogP contribution in [0.5, 0.6) is 0 Å². The van der Waals surface area contributed by atoms with E-state index in [1.165, 1.54) is 0 Å². The number of hydrogen-bond acceptors (Lipinski definition) is 5. The molecule has 0 amide bonds. The Morgan fingerprint density at radius 2 is 1.53 bits per heavy atom. The molecule has 0 radical (unpaired) electrons. The Labute approximate surface area is 93.6 Å². The Morgan fingerprint density at radius 3 is 1.73 bits per heavy atom. The molecule has 0 aromatic carbocycles. The lowest BCUT2D eigenvalue weighted by Gasteiger charge is -2.29. The van der Waals surface area contributed by atoms with Crippen LogP contribution < -0.4 is 5.32 Å². The minimum Gasteiger partial charge on any atom is -0.379 e. The predicted octanol–water partition coefficient (Wildman–Crippen LogP) is 0.193. The number of hydroxylamine groups is 2. The summed E-state index contributed by atoms with van der Waals surface area (Å²) in [5.74, 6) is 0. The van der Waals surface area contributed by atoms with Crippen molar-refractivity contribution in [2.75, 3.05) is 40.3 Å². The number of aliphatic hydroxyl groups is 1. The molecule has 1 aliphatic heterocycles. The Morgan fingerprint density at radius 1 is 1.20 bits per heavy atom. The molecule has 1 heterocycles. The van der Waals surface area contributed by atoms with Crippen LogP contribution >= 0.6 is 0 Å². The van der Waals surface area contributed by atoms with E-state index >= 15 is 0 Å². The van der Waals surface area contributed by atoms with Crippen LogP contribution in [0.3, 0.4) is 0 Å². The van der Waals surface area contributed by atoms with Gasteiger partial charge in [-0.1, -0.05) is 13.8 Å². The lowest BCUT2D eigenvalue weighted by atomic mass is 10.3. The summed E-state index contributed by atoms with van der Waals surface area (Å²) in [6.07, 6.45) is -0.271. The van der Waals surface area contributed by atoms with Crippen molar-refractivity contribution in [1.29, 1.82) is 0 Å². The number of hydrogen-bond donors (Lipinski definition) is 3. The topological polar surface area (TPSA) is 59.0 Å². The Bertz CT molecular complexity index is 112. The van der Waals surface area contributed by atoms with E-state index < -0.39 is 0 Å². The largest absolute Gasteiger partial charge is 0.379 e. The van der Waals surface area contributed by atoms with Crippen LogP contribution in [0.1, 0.15) is 20.8 Å². The molecule has 3 N–H and O–H groups in total. The average Bonchev–Trinajstić information content (AvgIpc) is 2.21. The molecule has 94 valence electrons. The molecule has 0 aromatic heterocycles. The van der Waals surface area contributed by atoms with E-state index in [1.807, 2.05) is 20.8 Å². The molecule has 1 fully saturated rings. The number of nitrogens with zero attached hydrogens (tertiary/aromatic N) is 2. The van der Waals surface area contributed by atoms with Gasteiger partial charge in [-0.15, -0.1) is 0 Å². The summed E-state index contributed by atoms with van der Waals surface area (Å²) in [4.78, 5) is 2.05. The van der Waals surface area contributed by atoms with Crippen molar-refractivity contribution in [3.63, 3.8) is 0 Å². The number of piperazine rings is 1. The van der Waals surface area contributed by atoms with Crippen molar-refractivity contribution in [1.82, 2.24) is 15.3 Å². The van der Waals surface area contributed by atoms with E-state index in [9.17, 15) is 0 Å². The lowest BCUT2D eigenvalue weighted by molar-refractivity contribution is -0.0372. The van der Waals surface area contributed by atoms with Gasteiger partial charge in [0.15, 0.2) is 0 Å². The van der Waals surface area contributed by atoms with Crippen molar-refractivity contribution < 1.29 is 10.3 Å². The smallest absolute Gasteiger partial charge is 0.104 e. The molecular formula is C10H27N3O2. The summed E-state index contributed by atoms with van der Waals surface area (Å²) in [6.45, 7) is 9.76. The van der Waals surface area contributed by atoms with Crippen LogP contribution in [0.2, 0.25) is 0 Å². The first kappa shape index (κ1) is 17.2. The van der Waals surface area contributed by atoms with Gasteiger partial charge in [0.25, 0.3) is 0 Å². The van der Waals surface area contributed by atoms with Crippen LogP contribution in [0.4, 0.5) is 0 Å². The molecule has 15 heavy (non-hydrogen) atoms. The van der Waals surface area contributed by atoms with Gasteiger partial charge < -0.3 is 15.6 Å². The molecule has 0 bridgehead atoms. The zero-order valence-electron chi connectivity index (χ0n) is 10.7. The third-order valence-electron chi connectivity index (χ3n) is 1.68. The molecule has 0 saturated carbocycles. The number of aliphatic hydroxyl groups excluding tert-OH is 1. The van der Waals surface area contributed by atoms with E-state index in [0.717, 1.165) is 31.2 Å². The molecule has 5 nitrogen and oxygen atoms in total. The minimum absolute atomic E-state index is 0.271. The first-order valence-corrected chi connectivity index (χ1v) is 5.53. The summed E-state index contributed by atoms with van der Waals surface area (Å²) in [5.41, 5.74) is 0. The van der Waals surface area contributed by atoms with Crippen LogP contribution in [0, 0.1) is 0 Å². The quantitative estimate of drug-likeness (QED) is 0.552. The summed E-state index contributed by atoms with van der Waals surface area (Å²) in [7, 11) is 3.11. The van der Waals surface area contributed by atoms with E-state index in [1.54, 1.807) is 14.1 Å². The minimum atomic E-state index is -0.271. The van der Waals surface area contributed by atoms with Gasteiger partial charge in [0, 0.05) is 40.3 Å². The highest BCUT2D eigenvalue weighted by atomic mass is 16.5. The van der Waals surface area contributed by atoms with Crippen LogP contribution in [-0.4, -0.2) is 66.8 Å². The number of nitrogens with one attached hydrogen (secondary N) is 1. The van der Waals surface area contributed by atoms with E-state index in [0.29, 0.717) is 0 Å². The van der Waals surface area contributed by atoms with Gasteiger partial charge in [0.2, 0.25) is 0 Å². The molecule has 0 aliphatic carbocycles. The third-order valence-corrected chi connectivity index (χ3v) is 1.68. The van der Waals surface area contributed by atoms with Crippen molar-refractivity contribution >= 4 is 0 Å². The fourth-order valence-electron chi connectivity index (χ4n) is 1.06. The second-order valence-electron chi connectivity index (χ2n) is 3.27. The van der Waals surface area contributed by atoms with Crippen molar-refractivity contribution in [3.8, 4) is 0 Å². The van der Waals surface area contributed by atoms with Gasteiger partial charge in [-0.3, -0.25) is 4.90 Å². The molecule has 1 saturated heterocycles. The highest BCUT2D eigenvalue weighted by Crippen LogP contribution is 1.95. The van der Waals surface area contributed by atoms with Crippen molar-refractivity contribution in [3.05, 3.63) is 0 Å². The van der Waals surface area contributed by atoms with Gasteiger partial charge in [0.1, 0.15) is 6.23 Å². The highest BCUT2D eigenvalue weighted by Gasteiger charge is 2.12. The molecular weight excluding hydrogens is 194 g/mol. The SMILES string of the molecule is CC.CC(O)N1CCNCC1.CN(C)O.